The molecule has 0 aromatic heterocycles. The molecule has 1 N–H and O–H groups in total. The summed E-state index contributed by atoms with van der Waals surface area (Å²) < 4.78 is 120. The molecule has 0 saturated heterocycles. The van der Waals surface area contributed by atoms with Crippen molar-refractivity contribution in [2.24, 2.45) is 0 Å². The van der Waals surface area contributed by atoms with Gasteiger partial charge in [-0.2, -0.15) is 26.0 Å². The van der Waals surface area contributed by atoms with Crippen LogP contribution in [0.4, 0.5) is 17.6 Å². The summed E-state index contributed by atoms with van der Waals surface area (Å²) in [6.45, 7) is 4.75. The lowest BCUT2D eigenvalue weighted by atomic mass is 9.89. The number of alkyl halides is 4. The summed E-state index contributed by atoms with van der Waals surface area (Å²) in [5.41, 5.74) is 2.55. The lowest BCUT2D eigenvalue weighted by Crippen LogP contribution is -2.53. The van der Waals surface area contributed by atoms with Crippen LogP contribution in [0.5, 0.6) is 5.75 Å². The van der Waals surface area contributed by atoms with E-state index in [1.807, 2.05) is 30.3 Å². The molecule has 0 aliphatic rings. The number of halogens is 4. The molecule has 2 unspecified atom stereocenters. The molecule has 0 saturated carbocycles. The fourth-order valence-electron chi connectivity index (χ4n) is 4.17. The standard InChI is InChI=1S/C28H32F4O8S2/c1-3-19(2)21-6-7-23-17-24(9-8-22(23)16-21)26(18-39-15-5-4-14-33)20-10-12-25(13-11-20)40-42(37,38)28(31,32)27(29,30)41(34,35)36/h6-13,16-17,19,26,33H,3-5,14-15,18H2,1-2H3,(H,34,35,36)/p-1. The Morgan fingerprint density at radius 3 is 1.93 bits per heavy atom. The van der Waals surface area contributed by atoms with E-state index in [9.17, 15) is 39.0 Å². The quantitative estimate of drug-likeness (QED) is 0.0973. The van der Waals surface area contributed by atoms with Gasteiger partial charge in [-0.3, -0.25) is 0 Å². The molecule has 0 spiro atoms. The summed E-state index contributed by atoms with van der Waals surface area (Å²) >= 11 is 0. The Balaban J connectivity index is 1.92. The molecule has 0 heterocycles. The first-order valence-corrected chi connectivity index (χ1v) is 15.8. The van der Waals surface area contributed by atoms with Crippen molar-refractivity contribution in [2.45, 2.75) is 55.5 Å². The highest BCUT2D eigenvalue weighted by Crippen LogP contribution is 2.43. The number of ether oxygens (including phenoxy) is 1. The van der Waals surface area contributed by atoms with Crippen LogP contribution < -0.4 is 4.18 Å². The summed E-state index contributed by atoms with van der Waals surface area (Å²) in [5.74, 6) is -0.856. The van der Waals surface area contributed by atoms with Crippen molar-refractivity contribution in [1.82, 2.24) is 0 Å². The normalized spacial score (nSPS) is 14.6. The fourth-order valence-corrected chi connectivity index (χ4v) is 5.83. The van der Waals surface area contributed by atoms with Crippen LogP contribution in [0.3, 0.4) is 0 Å². The number of aliphatic hydroxyl groups excluding tert-OH is 1. The lowest BCUT2D eigenvalue weighted by molar-refractivity contribution is -0.105. The van der Waals surface area contributed by atoms with Crippen LogP contribution in [0.15, 0.2) is 60.7 Å². The van der Waals surface area contributed by atoms with E-state index in [0.717, 1.165) is 34.9 Å². The minimum absolute atomic E-state index is 0.00615. The highest BCUT2D eigenvalue weighted by Gasteiger charge is 2.71. The maximum atomic E-state index is 14.0. The molecule has 8 nitrogen and oxygen atoms in total. The zero-order chi connectivity index (χ0) is 31.3. The van der Waals surface area contributed by atoms with E-state index >= 15 is 0 Å². The average Bonchev–Trinajstić information content (AvgIpc) is 2.93. The first kappa shape index (κ1) is 33.7. The predicted molar refractivity (Wildman–Crippen MR) is 147 cm³/mol. The Hall–Kier alpha value is -2.78. The van der Waals surface area contributed by atoms with Crippen molar-refractivity contribution in [3.8, 4) is 5.75 Å². The number of benzene rings is 3. The molecule has 0 radical (unpaired) electrons. The van der Waals surface area contributed by atoms with Gasteiger partial charge < -0.3 is 18.6 Å². The molecule has 0 aliphatic carbocycles. The van der Waals surface area contributed by atoms with Gasteiger partial charge in [-0.05, 0) is 64.8 Å². The van der Waals surface area contributed by atoms with Crippen LogP contribution in [0.1, 0.15) is 61.6 Å². The Morgan fingerprint density at radius 2 is 1.38 bits per heavy atom. The maximum Gasteiger partial charge on any atom is 0.457 e. The van der Waals surface area contributed by atoms with Gasteiger partial charge in [0.1, 0.15) is 5.75 Å². The van der Waals surface area contributed by atoms with E-state index in [-0.39, 0.29) is 13.2 Å². The summed E-state index contributed by atoms with van der Waals surface area (Å²) in [7, 11) is -13.6. The van der Waals surface area contributed by atoms with Gasteiger partial charge in [0.05, 0.1) is 6.61 Å². The molecule has 14 heteroatoms. The Bertz CT molecular complexity index is 1580. The largest absolute Gasteiger partial charge is 0.743 e. The van der Waals surface area contributed by atoms with Crippen molar-refractivity contribution in [1.29, 1.82) is 0 Å². The number of unbranched alkanes of at least 4 members (excludes halogenated alkanes) is 1. The van der Waals surface area contributed by atoms with Gasteiger partial charge in [-0.25, -0.2) is 8.42 Å². The summed E-state index contributed by atoms with van der Waals surface area (Å²) in [5, 5.41) is -1.86. The molecule has 0 amide bonds. The third-order valence-corrected chi connectivity index (χ3v) is 9.22. The second-order valence-corrected chi connectivity index (χ2v) is 12.8. The SMILES string of the molecule is CCC(C)c1ccc2cc(C(COCCCCO)c3ccc(OS(=O)(=O)C(F)(F)C(F)(F)S(=O)(=O)[O-])cc3)ccc2c1. The Kier molecular flexibility index (Phi) is 10.6. The molecule has 42 heavy (non-hydrogen) atoms. The molecule has 0 bridgehead atoms. The van der Waals surface area contributed by atoms with Crippen LogP contribution in [0.2, 0.25) is 0 Å². The van der Waals surface area contributed by atoms with E-state index in [1.165, 1.54) is 17.7 Å². The predicted octanol–water partition coefficient (Wildman–Crippen LogP) is 5.71. The van der Waals surface area contributed by atoms with Crippen LogP contribution >= 0.6 is 0 Å². The summed E-state index contributed by atoms with van der Waals surface area (Å²) in [4.78, 5) is 0. The highest BCUT2D eigenvalue weighted by molar-refractivity contribution is 7.91. The number of rotatable bonds is 15. The van der Waals surface area contributed by atoms with Crippen molar-refractivity contribution in [2.75, 3.05) is 19.8 Å². The van der Waals surface area contributed by atoms with Crippen LogP contribution in [0, 0.1) is 0 Å². The van der Waals surface area contributed by atoms with E-state index in [0.29, 0.717) is 30.9 Å². The minimum Gasteiger partial charge on any atom is -0.743 e. The van der Waals surface area contributed by atoms with E-state index in [1.54, 1.807) is 0 Å². The second-order valence-electron chi connectivity index (χ2n) is 9.83. The molecule has 0 fully saturated rings. The molecular formula is C28H31F4O8S2-. The van der Waals surface area contributed by atoms with Gasteiger partial charge in [-0.15, -0.1) is 0 Å². The molecule has 3 aromatic rings. The van der Waals surface area contributed by atoms with Gasteiger partial charge in [-0.1, -0.05) is 62.4 Å². The third kappa shape index (κ3) is 7.22. The van der Waals surface area contributed by atoms with Crippen molar-refractivity contribution >= 4 is 31.0 Å². The topological polar surface area (TPSA) is 130 Å². The number of fused-ring (bicyclic) bond motifs is 1. The molecular weight excluding hydrogens is 604 g/mol. The third-order valence-electron chi connectivity index (χ3n) is 6.91. The Morgan fingerprint density at radius 1 is 0.833 bits per heavy atom. The monoisotopic (exact) mass is 635 g/mol. The smallest absolute Gasteiger partial charge is 0.457 e. The fraction of sp³-hybridized carbons (Fsp3) is 0.429. The van der Waals surface area contributed by atoms with Crippen molar-refractivity contribution in [3.63, 3.8) is 0 Å². The first-order chi connectivity index (χ1) is 19.6. The summed E-state index contributed by atoms with van der Waals surface area (Å²) in [6.07, 6.45) is 2.12. The first-order valence-electron chi connectivity index (χ1n) is 13.0. The number of aliphatic hydroxyl groups is 1. The molecule has 3 rings (SSSR count). The van der Waals surface area contributed by atoms with Crippen molar-refractivity contribution < 1.29 is 53.0 Å². The van der Waals surface area contributed by atoms with E-state index in [2.05, 4.69) is 24.1 Å². The molecule has 3 aromatic carbocycles. The lowest BCUT2D eigenvalue weighted by Gasteiger charge is -2.27. The molecule has 232 valence electrons. The van der Waals surface area contributed by atoms with E-state index < -0.39 is 42.4 Å². The zero-order valence-electron chi connectivity index (χ0n) is 22.8. The minimum atomic E-state index is -7.04. The van der Waals surface area contributed by atoms with Gasteiger partial charge >= 0.3 is 20.6 Å². The highest BCUT2D eigenvalue weighted by atomic mass is 32.2. The van der Waals surface area contributed by atoms with Crippen molar-refractivity contribution in [3.05, 3.63) is 77.4 Å². The molecule has 0 aliphatic heterocycles. The average molecular weight is 636 g/mol. The van der Waals surface area contributed by atoms with Gasteiger partial charge in [0, 0.05) is 19.1 Å². The van der Waals surface area contributed by atoms with E-state index in [4.69, 9.17) is 9.84 Å². The second kappa shape index (κ2) is 13.2. The van der Waals surface area contributed by atoms with Crippen LogP contribution in [0.25, 0.3) is 10.8 Å². The summed E-state index contributed by atoms with van der Waals surface area (Å²) in [6, 6.07) is 16.5. The van der Waals surface area contributed by atoms with Crippen LogP contribution in [-0.4, -0.2) is 56.8 Å². The Labute approximate surface area is 242 Å². The van der Waals surface area contributed by atoms with Crippen LogP contribution in [-0.2, 0) is 25.0 Å². The number of hydrogen-bond donors (Lipinski definition) is 1. The van der Waals surface area contributed by atoms with Gasteiger partial charge in [0.2, 0.25) is 0 Å². The zero-order valence-corrected chi connectivity index (χ0v) is 24.4. The maximum absolute atomic E-state index is 14.0. The van der Waals surface area contributed by atoms with Gasteiger partial charge in [0.15, 0.2) is 10.1 Å². The number of hydrogen-bond acceptors (Lipinski definition) is 8. The van der Waals surface area contributed by atoms with Gasteiger partial charge in [0.25, 0.3) is 0 Å². The molecule has 2 atom stereocenters.